The molecule has 4 N–H and O–H groups in total. The van der Waals surface area contributed by atoms with Crippen molar-refractivity contribution in [3.8, 4) is 0 Å². The zero-order chi connectivity index (χ0) is 18.4. The van der Waals surface area contributed by atoms with Gasteiger partial charge >= 0.3 is 7.60 Å². The number of nitrogens with zero attached hydrogens (tertiary/aromatic N) is 2. The first-order valence-electron chi connectivity index (χ1n) is 7.88. The normalized spacial score (nSPS) is 17.4. The van der Waals surface area contributed by atoms with Gasteiger partial charge in [-0.2, -0.15) is 0 Å². The highest BCUT2D eigenvalue weighted by molar-refractivity contribution is 7.71. The van der Waals surface area contributed by atoms with Crippen molar-refractivity contribution in [1.82, 2.24) is 4.57 Å². The second-order valence-electron chi connectivity index (χ2n) is 5.93. The molecule has 140 valence electrons. The first-order valence-corrected chi connectivity index (χ1v) is 11.1. The van der Waals surface area contributed by atoms with Crippen LogP contribution in [0.25, 0.3) is 0 Å². The van der Waals surface area contributed by atoms with Gasteiger partial charge in [-0.15, -0.1) is 0 Å². The molecule has 0 spiro atoms. The van der Waals surface area contributed by atoms with Crippen molar-refractivity contribution in [3.63, 3.8) is 0 Å². The molecular weight excluding hydrogens is 358 g/mol. The zero-order valence-corrected chi connectivity index (χ0v) is 15.5. The summed E-state index contributed by atoms with van der Waals surface area (Å²) in [6.45, 7) is 1.85. The van der Waals surface area contributed by atoms with Crippen LogP contribution in [0.15, 0.2) is 18.7 Å². The van der Waals surface area contributed by atoms with E-state index in [-0.39, 0.29) is 0 Å². The fourth-order valence-corrected chi connectivity index (χ4v) is 4.34. The predicted octanol–water partition coefficient (Wildman–Crippen LogP) is 0.506. The van der Waals surface area contributed by atoms with Gasteiger partial charge in [0.25, 0.3) is 5.08 Å². The van der Waals surface area contributed by atoms with Crippen molar-refractivity contribution < 1.29 is 38.4 Å². The summed E-state index contributed by atoms with van der Waals surface area (Å²) in [5, 5.41) is 6.28. The highest BCUT2D eigenvalue weighted by Crippen LogP contribution is 2.65. The molecular formula is C13H26N2O7P2. The Bertz CT molecular complexity index is 585. The molecule has 0 radical (unpaired) electrons. The molecule has 1 aromatic heterocycles. The zero-order valence-electron chi connectivity index (χ0n) is 13.7. The van der Waals surface area contributed by atoms with Crippen molar-refractivity contribution in [2.24, 2.45) is 0 Å². The van der Waals surface area contributed by atoms with E-state index in [0.29, 0.717) is 6.54 Å². The Hall–Kier alpha value is -0.530. The third-order valence-electron chi connectivity index (χ3n) is 3.83. The van der Waals surface area contributed by atoms with Crippen LogP contribution in [-0.4, -0.2) is 29.4 Å². The van der Waals surface area contributed by atoms with E-state index in [2.05, 4.69) is 6.92 Å². The van der Waals surface area contributed by atoms with Gasteiger partial charge in [0, 0.05) is 0 Å². The summed E-state index contributed by atoms with van der Waals surface area (Å²) in [6, 6.07) is 0. The van der Waals surface area contributed by atoms with Gasteiger partial charge < -0.3 is 29.2 Å². The second kappa shape index (κ2) is 8.72. The first-order chi connectivity index (χ1) is 11.0. The lowest BCUT2D eigenvalue weighted by molar-refractivity contribution is -0.703. The van der Waals surface area contributed by atoms with Gasteiger partial charge in [0.05, 0.1) is 6.54 Å². The van der Waals surface area contributed by atoms with Gasteiger partial charge in [-0.05, 0) is 12.8 Å². The summed E-state index contributed by atoms with van der Waals surface area (Å²) in [5.41, 5.74) is 0. The number of hydrogen-bond donors (Lipinski definition) is 4. The monoisotopic (exact) mass is 384 g/mol. The number of imidazole rings is 1. The maximum absolute atomic E-state index is 11.3. The molecule has 1 aromatic rings. The maximum atomic E-state index is 11.3. The molecule has 0 aliphatic heterocycles. The van der Waals surface area contributed by atoms with Crippen LogP contribution in [0.5, 0.6) is 0 Å². The van der Waals surface area contributed by atoms with Crippen molar-refractivity contribution in [2.75, 3.05) is 0 Å². The largest absolute Gasteiger partial charge is 0.776 e. The van der Waals surface area contributed by atoms with Crippen LogP contribution >= 0.6 is 15.2 Å². The standard InChI is InChI=1S/C13H26N2O7P2/c1-2-3-4-5-6-7-8-14-9-10-15(12-14)11-13(16,23(17,18)19)24(20,21)22/h9-10,12,16H,2-8,11H2,1H3,(H3-,17,18,19,20,21,22). The van der Waals surface area contributed by atoms with E-state index >= 15 is 0 Å². The van der Waals surface area contributed by atoms with Crippen LogP contribution in [0.1, 0.15) is 45.4 Å². The Kier molecular flexibility index (Phi) is 7.81. The smallest absolute Gasteiger partial charge is 0.369 e. The number of aliphatic hydroxyl groups is 1. The maximum Gasteiger partial charge on any atom is 0.369 e. The average Bonchev–Trinajstić information content (AvgIpc) is 2.87. The molecule has 2 unspecified atom stereocenters. The van der Waals surface area contributed by atoms with Crippen LogP contribution in [0, 0.1) is 0 Å². The molecule has 0 aliphatic rings. The molecule has 2 atom stereocenters. The minimum Gasteiger partial charge on any atom is -0.776 e. The summed E-state index contributed by atoms with van der Waals surface area (Å²) in [4.78, 5) is 38.4. The van der Waals surface area contributed by atoms with Gasteiger partial charge in [0.2, 0.25) is 6.33 Å². The molecule has 0 aromatic carbocycles. The summed E-state index contributed by atoms with van der Waals surface area (Å²) >= 11 is 0. The lowest BCUT2D eigenvalue weighted by Crippen LogP contribution is -2.48. The average molecular weight is 384 g/mol. The number of aromatic nitrogens is 2. The van der Waals surface area contributed by atoms with Gasteiger partial charge in [0.15, 0.2) is 7.60 Å². The fourth-order valence-electron chi connectivity index (χ4n) is 2.33. The molecule has 0 bridgehead atoms. The van der Waals surface area contributed by atoms with E-state index in [1.54, 1.807) is 10.8 Å². The molecule has 0 saturated carbocycles. The van der Waals surface area contributed by atoms with E-state index in [9.17, 15) is 19.1 Å². The van der Waals surface area contributed by atoms with Crippen LogP contribution in [0.4, 0.5) is 0 Å². The lowest BCUT2D eigenvalue weighted by Gasteiger charge is -2.34. The van der Waals surface area contributed by atoms with E-state index in [1.165, 1.54) is 31.8 Å². The molecule has 24 heavy (non-hydrogen) atoms. The molecule has 0 saturated heterocycles. The third kappa shape index (κ3) is 5.77. The Morgan fingerprint density at radius 1 is 1.12 bits per heavy atom. The van der Waals surface area contributed by atoms with E-state index in [4.69, 9.17) is 14.7 Å². The minimum atomic E-state index is -5.69. The molecule has 0 aliphatic carbocycles. The van der Waals surface area contributed by atoms with Crippen LogP contribution < -0.4 is 9.46 Å². The van der Waals surface area contributed by atoms with Crippen molar-refractivity contribution in [1.29, 1.82) is 0 Å². The third-order valence-corrected chi connectivity index (χ3v) is 7.49. The molecule has 1 heterocycles. The number of hydrogen-bond acceptors (Lipinski definition) is 4. The molecule has 0 fully saturated rings. The van der Waals surface area contributed by atoms with E-state index in [1.807, 2.05) is 0 Å². The van der Waals surface area contributed by atoms with Gasteiger partial charge in [-0.25, -0.2) is 9.13 Å². The number of rotatable bonds is 11. The van der Waals surface area contributed by atoms with E-state index < -0.39 is 26.8 Å². The Labute approximate surface area is 141 Å². The van der Waals surface area contributed by atoms with Crippen LogP contribution in [-0.2, 0) is 22.2 Å². The molecule has 9 nitrogen and oxygen atoms in total. The van der Waals surface area contributed by atoms with Crippen LogP contribution in [0.3, 0.4) is 0 Å². The molecule has 11 heteroatoms. The second-order valence-corrected chi connectivity index (χ2v) is 9.89. The first kappa shape index (κ1) is 21.5. The van der Waals surface area contributed by atoms with Crippen molar-refractivity contribution in [2.45, 2.75) is 63.6 Å². The SMILES string of the molecule is CCCCCCCCn1cc[n+](CC(O)(P(=O)([O-])O)P(=O)(O)O)c1. The van der Waals surface area contributed by atoms with Gasteiger partial charge in [-0.1, -0.05) is 32.6 Å². The Morgan fingerprint density at radius 3 is 2.25 bits per heavy atom. The highest BCUT2D eigenvalue weighted by Gasteiger charge is 2.55. The lowest BCUT2D eigenvalue weighted by atomic mass is 10.1. The summed E-state index contributed by atoms with van der Waals surface area (Å²) in [7, 11) is -11.2. The fraction of sp³-hybridized carbons (Fsp3) is 0.769. The van der Waals surface area contributed by atoms with Gasteiger partial charge in [0.1, 0.15) is 18.9 Å². The highest BCUT2D eigenvalue weighted by atomic mass is 31.2. The van der Waals surface area contributed by atoms with Gasteiger partial charge in [-0.3, -0.25) is 4.57 Å². The quantitative estimate of drug-likeness (QED) is 0.247. The van der Waals surface area contributed by atoms with E-state index in [0.717, 1.165) is 23.8 Å². The topological polar surface area (TPSA) is 147 Å². The Balaban J connectivity index is 2.65. The minimum absolute atomic E-state index is 0.668. The summed E-state index contributed by atoms with van der Waals surface area (Å²) in [6.07, 6.45) is 11.1. The van der Waals surface area contributed by atoms with Crippen molar-refractivity contribution in [3.05, 3.63) is 18.7 Å². The molecule has 0 amide bonds. The van der Waals surface area contributed by atoms with Crippen LogP contribution in [0.2, 0.25) is 0 Å². The summed E-state index contributed by atoms with van der Waals surface area (Å²) < 4.78 is 25.4. The number of unbranched alkanes of at least 4 members (excludes halogenated alkanes) is 5. The Morgan fingerprint density at radius 2 is 1.71 bits per heavy atom. The summed E-state index contributed by atoms with van der Waals surface area (Å²) in [5.74, 6) is 0. The predicted molar refractivity (Wildman–Crippen MR) is 84.8 cm³/mol. The molecule has 1 rings (SSSR count). The number of aryl methyl sites for hydroxylation is 1. The van der Waals surface area contributed by atoms with Crippen molar-refractivity contribution >= 4 is 15.2 Å².